The van der Waals surface area contributed by atoms with Gasteiger partial charge in [0.05, 0.1) is 12.7 Å². The lowest BCUT2D eigenvalue weighted by molar-refractivity contribution is 0.0151. The number of halogens is 2. The molecule has 0 spiro atoms. The molecule has 0 amide bonds. The summed E-state index contributed by atoms with van der Waals surface area (Å²) in [5, 5.41) is 3.73. The molecule has 4 nitrogen and oxygen atoms in total. The molecule has 0 saturated carbocycles. The van der Waals surface area contributed by atoms with Gasteiger partial charge in [0, 0.05) is 18.6 Å². The van der Waals surface area contributed by atoms with Crippen molar-refractivity contribution in [3.05, 3.63) is 29.3 Å². The number of nitrogens with zero attached hydrogens (tertiary/aromatic N) is 1. The average Bonchev–Trinajstić information content (AvgIpc) is 2.73. The Bertz CT molecular complexity index is 603. The standard InChI is InChI=1S/C13H14F2N2O2/c1-7-4-8(10-6-11(16)19-17-10)12(18-3)9(5-7)13(2,14)15/h4-6H,16H2,1-3H3. The molecule has 2 rings (SSSR count). The third-order valence-corrected chi connectivity index (χ3v) is 2.71. The quantitative estimate of drug-likeness (QED) is 0.927. The van der Waals surface area contributed by atoms with Crippen LogP contribution in [0.2, 0.25) is 0 Å². The number of methoxy groups -OCH3 is 1. The molecule has 1 aromatic heterocycles. The molecule has 0 aliphatic heterocycles. The van der Waals surface area contributed by atoms with Crippen molar-refractivity contribution in [3.8, 4) is 17.0 Å². The van der Waals surface area contributed by atoms with Crippen LogP contribution in [0.15, 0.2) is 22.7 Å². The molecule has 1 heterocycles. The number of nitrogen functional groups attached to an aromatic ring is 1. The second-order valence-corrected chi connectivity index (χ2v) is 4.40. The maximum absolute atomic E-state index is 13.6. The summed E-state index contributed by atoms with van der Waals surface area (Å²) in [5.41, 5.74) is 6.73. The number of ether oxygens (including phenoxy) is 1. The number of aromatic nitrogens is 1. The molecular formula is C13H14F2N2O2. The van der Waals surface area contributed by atoms with Crippen LogP contribution in [0.4, 0.5) is 14.7 Å². The summed E-state index contributed by atoms with van der Waals surface area (Å²) in [5.74, 6) is -2.82. The molecule has 0 saturated heterocycles. The first-order valence-corrected chi connectivity index (χ1v) is 5.62. The van der Waals surface area contributed by atoms with Gasteiger partial charge in [-0.3, -0.25) is 0 Å². The van der Waals surface area contributed by atoms with E-state index in [0.29, 0.717) is 16.8 Å². The largest absolute Gasteiger partial charge is 0.496 e. The molecule has 0 aliphatic rings. The average molecular weight is 268 g/mol. The van der Waals surface area contributed by atoms with Crippen LogP contribution in [0.5, 0.6) is 5.75 Å². The van der Waals surface area contributed by atoms with Crippen molar-refractivity contribution in [3.63, 3.8) is 0 Å². The van der Waals surface area contributed by atoms with Gasteiger partial charge in [-0.05, 0) is 24.6 Å². The highest BCUT2D eigenvalue weighted by molar-refractivity contribution is 5.72. The number of hydrogen-bond donors (Lipinski definition) is 1. The van der Waals surface area contributed by atoms with Crippen molar-refractivity contribution >= 4 is 5.88 Å². The molecule has 19 heavy (non-hydrogen) atoms. The van der Waals surface area contributed by atoms with Crippen molar-refractivity contribution in [2.75, 3.05) is 12.8 Å². The summed E-state index contributed by atoms with van der Waals surface area (Å²) in [6.45, 7) is 2.55. The SMILES string of the molecule is COc1c(-c2cc(N)on2)cc(C)cc1C(C)(F)F. The van der Waals surface area contributed by atoms with Crippen LogP contribution in [0.25, 0.3) is 11.3 Å². The highest BCUT2D eigenvalue weighted by atomic mass is 19.3. The zero-order chi connectivity index (χ0) is 14.2. The number of rotatable bonds is 3. The molecule has 0 unspecified atom stereocenters. The maximum Gasteiger partial charge on any atom is 0.274 e. The Balaban J connectivity index is 2.70. The first-order chi connectivity index (χ1) is 8.82. The molecule has 0 aliphatic carbocycles. The first-order valence-electron chi connectivity index (χ1n) is 5.62. The third-order valence-electron chi connectivity index (χ3n) is 2.71. The number of anilines is 1. The topological polar surface area (TPSA) is 61.3 Å². The fraction of sp³-hybridized carbons (Fsp3) is 0.308. The van der Waals surface area contributed by atoms with Crippen LogP contribution in [0.3, 0.4) is 0 Å². The van der Waals surface area contributed by atoms with Gasteiger partial charge in [0.15, 0.2) is 0 Å². The van der Waals surface area contributed by atoms with Gasteiger partial charge in [0.1, 0.15) is 11.4 Å². The number of benzene rings is 1. The Kier molecular flexibility index (Phi) is 3.18. The Morgan fingerprint density at radius 1 is 1.32 bits per heavy atom. The predicted octanol–water partition coefficient (Wildman–Crippen LogP) is 3.35. The van der Waals surface area contributed by atoms with Crippen molar-refractivity contribution < 1.29 is 18.0 Å². The lowest BCUT2D eigenvalue weighted by atomic mass is 9.99. The third kappa shape index (κ3) is 2.52. The molecule has 2 N–H and O–H groups in total. The lowest BCUT2D eigenvalue weighted by Crippen LogP contribution is -2.10. The van der Waals surface area contributed by atoms with E-state index in [9.17, 15) is 8.78 Å². The minimum atomic E-state index is -3.01. The van der Waals surface area contributed by atoms with E-state index in [-0.39, 0.29) is 17.2 Å². The predicted molar refractivity (Wildman–Crippen MR) is 67.2 cm³/mol. The summed E-state index contributed by atoms with van der Waals surface area (Å²) in [6, 6.07) is 4.56. The van der Waals surface area contributed by atoms with E-state index in [1.807, 2.05) is 0 Å². The molecule has 0 fully saturated rings. The summed E-state index contributed by atoms with van der Waals surface area (Å²) in [7, 11) is 1.34. The van der Waals surface area contributed by atoms with Crippen LogP contribution in [0.1, 0.15) is 18.1 Å². The van der Waals surface area contributed by atoms with Crippen LogP contribution in [-0.2, 0) is 5.92 Å². The van der Waals surface area contributed by atoms with Crippen molar-refractivity contribution in [2.45, 2.75) is 19.8 Å². The van der Waals surface area contributed by atoms with Gasteiger partial charge < -0.3 is 15.0 Å². The van der Waals surface area contributed by atoms with E-state index in [4.69, 9.17) is 15.0 Å². The van der Waals surface area contributed by atoms with E-state index < -0.39 is 5.92 Å². The first kappa shape index (κ1) is 13.3. The summed E-state index contributed by atoms with van der Waals surface area (Å²) in [4.78, 5) is 0. The van der Waals surface area contributed by atoms with Crippen molar-refractivity contribution in [1.82, 2.24) is 5.16 Å². The van der Waals surface area contributed by atoms with Crippen LogP contribution in [0, 0.1) is 6.92 Å². The van der Waals surface area contributed by atoms with E-state index in [0.717, 1.165) is 6.92 Å². The molecular weight excluding hydrogens is 254 g/mol. The fourth-order valence-corrected chi connectivity index (χ4v) is 1.93. The molecule has 0 radical (unpaired) electrons. The van der Waals surface area contributed by atoms with Gasteiger partial charge in [-0.1, -0.05) is 5.16 Å². The van der Waals surface area contributed by atoms with Gasteiger partial charge in [0.25, 0.3) is 5.92 Å². The lowest BCUT2D eigenvalue weighted by Gasteiger charge is -2.18. The summed E-state index contributed by atoms with van der Waals surface area (Å²) < 4.78 is 37.2. The molecule has 0 bridgehead atoms. The fourth-order valence-electron chi connectivity index (χ4n) is 1.93. The van der Waals surface area contributed by atoms with Gasteiger partial charge in [-0.25, -0.2) is 8.78 Å². The van der Waals surface area contributed by atoms with Crippen LogP contribution >= 0.6 is 0 Å². The number of hydrogen-bond acceptors (Lipinski definition) is 4. The van der Waals surface area contributed by atoms with Gasteiger partial charge in [-0.2, -0.15) is 0 Å². The monoisotopic (exact) mass is 268 g/mol. The van der Waals surface area contributed by atoms with E-state index >= 15 is 0 Å². The Morgan fingerprint density at radius 2 is 2.00 bits per heavy atom. The highest BCUT2D eigenvalue weighted by Gasteiger charge is 2.31. The Hall–Kier alpha value is -2.11. The second-order valence-electron chi connectivity index (χ2n) is 4.40. The Morgan fingerprint density at radius 3 is 2.47 bits per heavy atom. The smallest absolute Gasteiger partial charge is 0.274 e. The summed E-state index contributed by atoms with van der Waals surface area (Å²) >= 11 is 0. The van der Waals surface area contributed by atoms with E-state index in [1.54, 1.807) is 13.0 Å². The zero-order valence-corrected chi connectivity index (χ0v) is 10.8. The van der Waals surface area contributed by atoms with Gasteiger partial charge in [-0.15, -0.1) is 0 Å². The molecule has 2 aromatic rings. The van der Waals surface area contributed by atoms with Crippen LogP contribution in [-0.4, -0.2) is 12.3 Å². The number of alkyl halides is 2. The van der Waals surface area contributed by atoms with E-state index in [1.165, 1.54) is 19.2 Å². The second kappa shape index (κ2) is 4.53. The number of aryl methyl sites for hydroxylation is 1. The molecule has 102 valence electrons. The normalized spacial score (nSPS) is 11.6. The van der Waals surface area contributed by atoms with Crippen molar-refractivity contribution in [2.24, 2.45) is 0 Å². The molecule has 1 aromatic carbocycles. The molecule has 0 atom stereocenters. The van der Waals surface area contributed by atoms with Gasteiger partial charge in [0.2, 0.25) is 5.88 Å². The minimum Gasteiger partial charge on any atom is -0.496 e. The van der Waals surface area contributed by atoms with Gasteiger partial charge >= 0.3 is 0 Å². The maximum atomic E-state index is 13.6. The summed E-state index contributed by atoms with van der Waals surface area (Å²) in [6.07, 6.45) is 0. The minimum absolute atomic E-state index is 0.0754. The molecule has 6 heteroatoms. The highest BCUT2D eigenvalue weighted by Crippen LogP contribution is 2.41. The van der Waals surface area contributed by atoms with Crippen LogP contribution < -0.4 is 10.5 Å². The number of nitrogens with two attached hydrogens (primary N) is 1. The van der Waals surface area contributed by atoms with Crippen molar-refractivity contribution in [1.29, 1.82) is 0 Å². The zero-order valence-electron chi connectivity index (χ0n) is 10.8. The Labute approximate surface area is 109 Å². The van der Waals surface area contributed by atoms with E-state index in [2.05, 4.69) is 5.16 Å².